The average Bonchev–Trinajstić information content (AvgIpc) is 3.52. The molecule has 2 aromatic carbocycles. The molecule has 2 fully saturated rings. The number of halogens is 1. The fraction of sp³-hybridized carbons (Fsp3) is 0.393. The van der Waals surface area contributed by atoms with Crippen LogP contribution in [0.15, 0.2) is 71.5 Å². The molecule has 5 nitrogen and oxygen atoms in total. The van der Waals surface area contributed by atoms with Gasteiger partial charge in [-0.1, -0.05) is 58.4 Å². The molecule has 1 saturated heterocycles. The van der Waals surface area contributed by atoms with Crippen molar-refractivity contribution in [2.45, 2.75) is 42.8 Å². The minimum Gasteiger partial charge on any atom is -0.495 e. The van der Waals surface area contributed by atoms with E-state index >= 15 is 0 Å². The number of fused-ring (bicyclic) bond motifs is 3. The van der Waals surface area contributed by atoms with Crippen molar-refractivity contribution >= 4 is 15.9 Å². The van der Waals surface area contributed by atoms with Crippen molar-refractivity contribution in [2.75, 3.05) is 27.2 Å². The zero-order valence-electron chi connectivity index (χ0n) is 19.7. The summed E-state index contributed by atoms with van der Waals surface area (Å²) in [4.78, 5) is 6.61. The molecule has 3 aromatic rings. The maximum Gasteiger partial charge on any atom is 0.174 e. The summed E-state index contributed by atoms with van der Waals surface area (Å²) in [6.07, 6.45) is 7.54. The lowest BCUT2D eigenvalue weighted by molar-refractivity contribution is -0.106. The van der Waals surface area contributed by atoms with Gasteiger partial charge in [-0.05, 0) is 69.1 Å². The molecular formula is C28H31BrN2O3. The molecule has 1 N–H and O–H groups in total. The molecule has 1 aromatic heterocycles. The molecule has 0 bridgehead atoms. The highest BCUT2D eigenvalue weighted by Crippen LogP contribution is 2.67. The predicted octanol–water partition coefficient (Wildman–Crippen LogP) is 5.62. The molecule has 2 aliphatic heterocycles. The highest BCUT2D eigenvalue weighted by Gasteiger charge is 2.69. The van der Waals surface area contributed by atoms with Crippen LogP contribution in [-0.4, -0.2) is 42.2 Å². The zero-order valence-corrected chi connectivity index (χ0v) is 21.3. The molecule has 0 amide bonds. The minimum atomic E-state index is -1.20. The Labute approximate surface area is 209 Å². The molecule has 6 heteroatoms. The molecule has 6 rings (SSSR count). The van der Waals surface area contributed by atoms with Crippen LogP contribution in [0.1, 0.15) is 48.3 Å². The standard InChI is InChI=1S/C23H20BrNO3.C5H11N/c1-27-19-13-25-14-20-21(19)22(26)12-11-18(15-5-3-2-4-6-15)23(22,28-20)16-7-9-17(24)10-8-16;1-6-4-2-3-5-6/h2-10,13-14,18,26H,11-12H2,1H3;2-5H2,1H3/t18-,22+,23-;/m0./s1. The Morgan fingerprint density at radius 1 is 1.06 bits per heavy atom. The van der Waals surface area contributed by atoms with E-state index in [-0.39, 0.29) is 5.92 Å². The van der Waals surface area contributed by atoms with Gasteiger partial charge >= 0.3 is 0 Å². The van der Waals surface area contributed by atoms with Gasteiger partial charge in [0.25, 0.3) is 0 Å². The van der Waals surface area contributed by atoms with E-state index in [4.69, 9.17) is 9.47 Å². The monoisotopic (exact) mass is 522 g/mol. The van der Waals surface area contributed by atoms with Crippen molar-refractivity contribution in [2.24, 2.45) is 0 Å². The fourth-order valence-electron chi connectivity index (χ4n) is 5.89. The van der Waals surface area contributed by atoms with Crippen LogP contribution in [0.2, 0.25) is 0 Å². The van der Waals surface area contributed by atoms with Gasteiger partial charge in [-0.3, -0.25) is 4.98 Å². The maximum atomic E-state index is 12.2. The molecule has 178 valence electrons. The summed E-state index contributed by atoms with van der Waals surface area (Å²) in [5.74, 6) is 1.15. The second-order valence-corrected chi connectivity index (χ2v) is 10.3. The number of aliphatic hydroxyl groups is 1. The van der Waals surface area contributed by atoms with Crippen LogP contribution < -0.4 is 9.47 Å². The summed E-state index contributed by atoms with van der Waals surface area (Å²) < 4.78 is 13.2. The van der Waals surface area contributed by atoms with Gasteiger partial charge in [-0.25, -0.2) is 0 Å². The smallest absolute Gasteiger partial charge is 0.174 e. The van der Waals surface area contributed by atoms with E-state index in [0.29, 0.717) is 23.5 Å². The van der Waals surface area contributed by atoms with E-state index in [9.17, 15) is 5.11 Å². The van der Waals surface area contributed by atoms with Gasteiger partial charge in [0.15, 0.2) is 5.60 Å². The van der Waals surface area contributed by atoms with Crippen LogP contribution in [0.3, 0.4) is 0 Å². The molecule has 1 aliphatic carbocycles. The second-order valence-electron chi connectivity index (χ2n) is 9.43. The first kappa shape index (κ1) is 23.3. The highest BCUT2D eigenvalue weighted by atomic mass is 79.9. The normalized spacial score (nSPS) is 27.4. The number of aromatic nitrogens is 1. The lowest BCUT2D eigenvalue weighted by Gasteiger charge is -2.40. The topological polar surface area (TPSA) is 54.8 Å². The van der Waals surface area contributed by atoms with Gasteiger partial charge in [0.1, 0.15) is 17.1 Å². The Morgan fingerprint density at radius 2 is 1.76 bits per heavy atom. The van der Waals surface area contributed by atoms with Gasteiger partial charge in [0.05, 0.1) is 25.1 Å². The molecule has 34 heavy (non-hydrogen) atoms. The van der Waals surface area contributed by atoms with Crippen molar-refractivity contribution in [3.05, 3.63) is 88.2 Å². The molecule has 0 spiro atoms. The highest BCUT2D eigenvalue weighted by molar-refractivity contribution is 9.10. The number of likely N-dealkylation sites (tertiary alicyclic amines) is 1. The maximum absolute atomic E-state index is 12.2. The van der Waals surface area contributed by atoms with Crippen LogP contribution in [0.4, 0.5) is 0 Å². The lowest BCUT2D eigenvalue weighted by Crippen LogP contribution is -2.48. The number of ether oxygens (including phenoxy) is 2. The van der Waals surface area contributed by atoms with Crippen LogP contribution in [0.5, 0.6) is 11.5 Å². The van der Waals surface area contributed by atoms with E-state index < -0.39 is 11.2 Å². The third kappa shape index (κ3) is 3.72. The van der Waals surface area contributed by atoms with Crippen molar-refractivity contribution < 1.29 is 14.6 Å². The Hall–Kier alpha value is -2.41. The predicted molar refractivity (Wildman–Crippen MR) is 136 cm³/mol. The third-order valence-electron chi connectivity index (χ3n) is 7.49. The van der Waals surface area contributed by atoms with Crippen LogP contribution in [-0.2, 0) is 11.2 Å². The van der Waals surface area contributed by atoms with E-state index in [1.54, 1.807) is 19.5 Å². The largest absolute Gasteiger partial charge is 0.495 e. The number of pyridine rings is 1. The van der Waals surface area contributed by atoms with Crippen LogP contribution in [0.25, 0.3) is 0 Å². The average molecular weight is 523 g/mol. The molecule has 1 saturated carbocycles. The quantitative estimate of drug-likeness (QED) is 0.483. The van der Waals surface area contributed by atoms with E-state index in [0.717, 1.165) is 22.0 Å². The summed E-state index contributed by atoms with van der Waals surface area (Å²) >= 11 is 3.52. The molecule has 0 unspecified atom stereocenters. The Morgan fingerprint density at radius 3 is 2.38 bits per heavy atom. The van der Waals surface area contributed by atoms with Crippen molar-refractivity contribution in [1.29, 1.82) is 0 Å². The lowest BCUT2D eigenvalue weighted by atomic mass is 9.72. The summed E-state index contributed by atoms with van der Waals surface area (Å²) in [7, 11) is 3.77. The van der Waals surface area contributed by atoms with Gasteiger partial charge in [0.2, 0.25) is 0 Å². The molecule has 0 radical (unpaired) electrons. The third-order valence-corrected chi connectivity index (χ3v) is 8.01. The zero-order chi connectivity index (χ0) is 23.8. The molecular weight excluding hydrogens is 492 g/mol. The minimum absolute atomic E-state index is 0.00279. The van der Waals surface area contributed by atoms with E-state index in [1.807, 2.05) is 42.5 Å². The molecule has 3 atom stereocenters. The number of hydrogen-bond donors (Lipinski definition) is 1. The second kappa shape index (κ2) is 9.33. The first-order valence-electron chi connectivity index (χ1n) is 11.9. The van der Waals surface area contributed by atoms with Crippen LogP contribution >= 0.6 is 15.9 Å². The summed E-state index contributed by atoms with van der Waals surface area (Å²) in [5.41, 5.74) is 0.661. The number of hydrogen-bond acceptors (Lipinski definition) is 5. The SMILES string of the molecule is CN1CCCC1.COc1cncc2c1[C@]1(O)CC[C@@H](c3ccccc3)[C@]1(c1ccc(Br)cc1)O2. The number of methoxy groups -OCH3 is 1. The molecule has 3 aliphatic rings. The molecule has 3 heterocycles. The number of rotatable bonds is 3. The van der Waals surface area contributed by atoms with Crippen molar-refractivity contribution in [3.8, 4) is 11.5 Å². The van der Waals surface area contributed by atoms with Crippen molar-refractivity contribution in [1.82, 2.24) is 9.88 Å². The van der Waals surface area contributed by atoms with Crippen LogP contribution in [0, 0.1) is 0 Å². The summed E-state index contributed by atoms with van der Waals surface area (Å²) in [6.45, 7) is 2.64. The summed E-state index contributed by atoms with van der Waals surface area (Å²) in [6, 6.07) is 18.3. The number of benzene rings is 2. The van der Waals surface area contributed by atoms with E-state index in [1.165, 1.54) is 25.9 Å². The van der Waals surface area contributed by atoms with E-state index in [2.05, 4.69) is 45.0 Å². The first-order chi connectivity index (χ1) is 16.5. The Balaban J connectivity index is 0.000000351. The number of nitrogens with zero attached hydrogens (tertiary/aromatic N) is 2. The first-order valence-corrected chi connectivity index (χ1v) is 12.7. The van der Waals surface area contributed by atoms with Gasteiger partial charge in [0, 0.05) is 10.4 Å². The van der Waals surface area contributed by atoms with Crippen molar-refractivity contribution in [3.63, 3.8) is 0 Å². The summed E-state index contributed by atoms with van der Waals surface area (Å²) in [5, 5.41) is 12.2. The fourth-order valence-corrected chi connectivity index (χ4v) is 6.16. The van der Waals surface area contributed by atoms with Gasteiger partial charge in [-0.2, -0.15) is 0 Å². The Kier molecular flexibility index (Phi) is 6.40. The van der Waals surface area contributed by atoms with Gasteiger partial charge < -0.3 is 19.5 Å². The van der Waals surface area contributed by atoms with Gasteiger partial charge in [-0.15, -0.1) is 0 Å². The Bertz CT molecular complexity index is 1130.